The summed E-state index contributed by atoms with van der Waals surface area (Å²) in [6.45, 7) is 5.31. The fourth-order valence-corrected chi connectivity index (χ4v) is 2.52. The van der Waals surface area contributed by atoms with Gasteiger partial charge in [-0.05, 0) is 43.9 Å². The van der Waals surface area contributed by atoms with E-state index in [1.807, 2.05) is 17.9 Å². The molecule has 0 spiro atoms. The minimum atomic E-state index is 0.519. The summed E-state index contributed by atoms with van der Waals surface area (Å²) in [7, 11) is 1.97. The van der Waals surface area contributed by atoms with Crippen molar-refractivity contribution in [3.63, 3.8) is 0 Å². The molecule has 20 heavy (non-hydrogen) atoms. The van der Waals surface area contributed by atoms with Crippen LogP contribution in [-0.2, 0) is 19.9 Å². The highest BCUT2D eigenvalue weighted by Gasteiger charge is 2.10. The molecule has 0 bridgehead atoms. The zero-order chi connectivity index (χ0) is 14.4. The average Bonchev–Trinajstić information content (AvgIpc) is 2.83. The maximum Gasteiger partial charge on any atom is 0.0522 e. The van der Waals surface area contributed by atoms with Gasteiger partial charge < -0.3 is 5.32 Å². The van der Waals surface area contributed by atoms with Crippen LogP contribution in [0.1, 0.15) is 30.0 Å². The van der Waals surface area contributed by atoms with Gasteiger partial charge in [0.1, 0.15) is 0 Å². The Morgan fingerprint density at radius 2 is 1.95 bits per heavy atom. The molecule has 0 aliphatic rings. The molecule has 3 nitrogen and oxygen atoms in total. The van der Waals surface area contributed by atoms with Crippen molar-refractivity contribution in [1.82, 2.24) is 15.1 Å². The van der Waals surface area contributed by atoms with Crippen molar-refractivity contribution in [3.05, 3.63) is 53.3 Å². The molecule has 0 amide bonds. The summed E-state index contributed by atoms with van der Waals surface area (Å²) in [5, 5.41) is 7.83. The Hall–Kier alpha value is -1.61. The number of hydrogen-bond acceptors (Lipinski definition) is 2. The third kappa shape index (κ3) is 4.49. The topological polar surface area (TPSA) is 29.9 Å². The predicted octanol–water partition coefficient (Wildman–Crippen LogP) is 2.88. The second-order valence-corrected chi connectivity index (χ2v) is 5.51. The number of hydrogen-bond donors (Lipinski definition) is 1. The number of aryl methyl sites for hydroxylation is 3. The summed E-state index contributed by atoms with van der Waals surface area (Å²) < 4.78 is 1.87. The molecule has 0 saturated heterocycles. The van der Waals surface area contributed by atoms with Crippen molar-refractivity contribution in [3.8, 4) is 0 Å². The Labute approximate surface area is 122 Å². The molecule has 2 rings (SSSR count). The van der Waals surface area contributed by atoms with Gasteiger partial charge in [0, 0.05) is 19.3 Å². The zero-order valence-corrected chi connectivity index (χ0v) is 12.8. The van der Waals surface area contributed by atoms with Gasteiger partial charge in [0.15, 0.2) is 0 Å². The number of benzene rings is 1. The van der Waals surface area contributed by atoms with E-state index >= 15 is 0 Å². The van der Waals surface area contributed by atoms with E-state index in [4.69, 9.17) is 0 Å². The fourth-order valence-electron chi connectivity index (χ4n) is 2.52. The van der Waals surface area contributed by atoms with E-state index in [0.29, 0.717) is 6.04 Å². The molecule has 0 radical (unpaired) electrons. The zero-order valence-electron chi connectivity index (χ0n) is 12.8. The maximum absolute atomic E-state index is 4.25. The maximum atomic E-state index is 4.25. The third-order valence-electron chi connectivity index (χ3n) is 3.64. The standard InChI is InChI=1S/C17H25N3/c1-4-18-17(11-16-12-19-20(3)13-16)10-9-15-7-5-14(2)6-8-15/h5-8,12-13,17-18H,4,9-11H2,1-3H3. The molecule has 0 saturated carbocycles. The van der Waals surface area contributed by atoms with E-state index in [1.54, 1.807) is 0 Å². The van der Waals surface area contributed by atoms with E-state index in [-0.39, 0.29) is 0 Å². The highest BCUT2D eigenvalue weighted by molar-refractivity contribution is 5.21. The van der Waals surface area contributed by atoms with E-state index in [0.717, 1.165) is 25.8 Å². The fraction of sp³-hybridized carbons (Fsp3) is 0.471. The van der Waals surface area contributed by atoms with Gasteiger partial charge in [0.2, 0.25) is 0 Å². The van der Waals surface area contributed by atoms with Crippen LogP contribution in [0.3, 0.4) is 0 Å². The van der Waals surface area contributed by atoms with Crippen LogP contribution >= 0.6 is 0 Å². The van der Waals surface area contributed by atoms with E-state index < -0.39 is 0 Å². The monoisotopic (exact) mass is 271 g/mol. The summed E-state index contributed by atoms with van der Waals surface area (Å²) in [5.41, 5.74) is 4.05. The van der Waals surface area contributed by atoms with Gasteiger partial charge in [-0.25, -0.2) is 0 Å². The van der Waals surface area contributed by atoms with Gasteiger partial charge in [-0.3, -0.25) is 4.68 Å². The highest BCUT2D eigenvalue weighted by atomic mass is 15.2. The molecular formula is C17H25N3. The molecule has 3 heteroatoms. The first-order valence-electron chi connectivity index (χ1n) is 7.44. The highest BCUT2D eigenvalue weighted by Crippen LogP contribution is 2.11. The van der Waals surface area contributed by atoms with Gasteiger partial charge in [0.05, 0.1) is 6.20 Å². The van der Waals surface area contributed by atoms with Crippen LogP contribution in [0.4, 0.5) is 0 Å². The van der Waals surface area contributed by atoms with Gasteiger partial charge in [-0.15, -0.1) is 0 Å². The minimum absolute atomic E-state index is 0.519. The van der Waals surface area contributed by atoms with Crippen molar-refractivity contribution < 1.29 is 0 Å². The Kier molecular flexibility index (Phi) is 5.36. The summed E-state index contributed by atoms with van der Waals surface area (Å²) >= 11 is 0. The lowest BCUT2D eigenvalue weighted by atomic mass is 10.00. The largest absolute Gasteiger partial charge is 0.314 e. The first-order chi connectivity index (χ1) is 9.67. The Morgan fingerprint density at radius 3 is 2.55 bits per heavy atom. The van der Waals surface area contributed by atoms with Crippen LogP contribution in [0.25, 0.3) is 0 Å². The van der Waals surface area contributed by atoms with Crippen molar-refractivity contribution in [1.29, 1.82) is 0 Å². The Balaban J connectivity index is 1.90. The summed E-state index contributed by atoms with van der Waals surface area (Å²) in [5.74, 6) is 0. The van der Waals surface area contributed by atoms with Gasteiger partial charge in [0.25, 0.3) is 0 Å². The summed E-state index contributed by atoms with van der Waals surface area (Å²) in [6.07, 6.45) is 7.41. The second kappa shape index (κ2) is 7.25. The van der Waals surface area contributed by atoms with Crippen molar-refractivity contribution in [2.75, 3.05) is 6.54 Å². The van der Waals surface area contributed by atoms with Crippen molar-refractivity contribution in [2.24, 2.45) is 7.05 Å². The second-order valence-electron chi connectivity index (χ2n) is 5.51. The molecule has 108 valence electrons. The van der Waals surface area contributed by atoms with Crippen molar-refractivity contribution in [2.45, 2.75) is 39.2 Å². The molecule has 2 aromatic rings. The smallest absolute Gasteiger partial charge is 0.0522 e. The first kappa shape index (κ1) is 14.8. The normalized spacial score (nSPS) is 12.6. The first-order valence-corrected chi connectivity index (χ1v) is 7.44. The lowest BCUT2D eigenvalue weighted by Gasteiger charge is -2.17. The van der Waals surface area contributed by atoms with E-state index in [1.165, 1.54) is 16.7 Å². The molecule has 1 unspecified atom stereocenters. The summed E-state index contributed by atoms with van der Waals surface area (Å²) in [6, 6.07) is 9.38. The number of nitrogens with zero attached hydrogens (tertiary/aromatic N) is 2. The van der Waals surface area contributed by atoms with Crippen LogP contribution in [-0.4, -0.2) is 22.4 Å². The molecule has 1 atom stereocenters. The van der Waals surface area contributed by atoms with Crippen molar-refractivity contribution >= 4 is 0 Å². The van der Waals surface area contributed by atoms with E-state index in [2.05, 4.69) is 54.7 Å². The number of aromatic nitrogens is 2. The number of rotatable bonds is 7. The van der Waals surface area contributed by atoms with Crippen LogP contribution in [0.2, 0.25) is 0 Å². The number of likely N-dealkylation sites (N-methyl/N-ethyl adjacent to an activating group) is 1. The molecule has 1 N–H and O–H groups in total. The minimum Gasteiger partial charge on any atom is -0.314 e. The van der Waals surface area contributed by atoms with Crippen LogP contribution in [0, 0.1) is 6.92 Å². The van der Waals surface area contributed by atoms with Crippen LogP contribution in [0.15, 0.2) is 36.7 Å². The predicted molar refractivity (Wildman–Crippen MR) is 83.9 cm³/mol. The van der Waals surface area contributed by atoms with Gasteiger partial charge in [-0.2, -0.15) is 5.10 Å². The molecule has 1 aromatic heterocycles. The molecule has 0 aliphatic heterocycles. The van der Waals surface area contributed by atoms with Gasteiger partial charge >= 0.3 is 0 Å². The molecular weight excluding hydrogens is 246 g/mol. The lowest BCUT2D eigenvalue weighted by molar-refractivity contribution is 0.491. The summed E-state index contributed by atoms with van der Waals surface area (Å²) in [4.78, 5) is 0. The van der Waals surface area contributed by atoms with Gasteiger partial charge in [-0.1, -0.05) is 36.8 Å². The lowest BCUT2D eigenvalue weighted by Crippen LogP contribution is -2.31. The van der Waals surface area contributed by atoms with E-state index in [9.17, 15) is 0 Å². The SMILES string of the molecule is CCNC(CCc1ccc(C)cc1)Cc1cnn(C)c1. The molecule has 0 fully saturated rings. The Morgan fingerprint density at radius 1 is 1.20 bits per heavy atom. The van der Waals surface area contributed by atoms with Crippen LogP contribution < -0.4 is 5.32 Å². The molecule has 0 aliphatic carbocycles. The Bertz CT molecular complexity index is 513. The number of nitrogens with one attached hydrogen (secondary N) is 1. The quantitative estimate of drug-likeness (QED) is 0.839. The average molecular weight is 271 g/mol. The molecule has 1 aromatic carbocycles. The van der Waals surface area contributed by atoms with Crippen LogP contribution in [0.5, 0.6) is 0 Å². The molecule has 1 heterocycles. The third-order valence-corrected chi connectivity index (χ3v) is 3.64.